The van der Waals surface area contributed by atoms with Crippen LogP contribution in [-0.2, 0) is 0 Å². The first kappa shape index (κ1) is 8.79. The maximum Gasteiger partial charge on any atom is 0.0602 e. The molecule has 1 aliphatic carbocycles. The second-order valence-corrected chi connectivity index (χ2v) is 3.39. The first-order valence-corrected chi connectivity index (χ1v) is 4.65. The van der Waals surface area contributed by atoms with E-state index in [9.17, 15) is 5.11 Å². The Hall–Kier alpha value is -0.300. The number of aliphatic hydroxyl groups excluding tert-OH is 1. The van der Waals surface area contributed by atoms with Gasteiger partial charge < -0.3 is 5.11 Å². The zero-order chi connectivity index (χ0) is 8.10. The molecule has 0 spiro atoms. The van der Waals surface area contributed by atoms with Gasteiger partial charge in [-0.3, -0.25) is 0 Å². The van der Waals surface area contributed by atoms with Crippen molar-refractivity contribution in [2.24, 2.45) is 5.92 Å². The highest BCUT2D eigenvalue weighted by Crippen LogP contribution is 2.24. The van der Waals surface area contributed by atoms with Gasteiger partial charge in [-0.1, -0.05) is 31.4 Å². The van der Waals surface area contributed by atoms with E-state index in [2.05, 4.69) is 12.2 Å². The van der Waals surface area contributed by atoms with E-state index in [1.807, 2.05) is 6.92 Å². The highest BCUT2D eigenvalue weighted by Gasteiger charge is 2.18. The summed E-state index contributed by atoms with van der Waals surface area (Å²) in [5, 5.41) is 9.63. The van der Waals surface area contributed by atoms with E-state index in [-0.39, 0.29) is 6.10 Å². The predicted molar refractivity (Wildman–Crippen MR) is 47.4 cm³/mol. The van der Waals surface area contributed by atoms with Crippen molar-refractivity contribution < 1.29 is 5.11 Å². The first-order chi connectivity index (χ1) is 5.34. The van der Waals surface area contributed by atoms with Crippen LogP contribution in [0.1, 0.15) is 39.0 Å². The summed E-state index contributed by atoms with van der Waals surface area (Å²) in [4.78, 5) is 0. The summed E-state index contributed by atoms with van der Waals surface area (Å²) in [6.45, 7) is 2.03. The Labute approximate surface area is 69.1 Å². The minimum Gasteiger partial charge on any atom is -0.393 e. The van der Waals surface area contributed by atoms with Crippen molar-refractivity contribution in [1.29, 1.82) is 0 Å². The number of hydrogen-bond acceptors (Lipinski definition) is 1. The van der Waals surface area contributed by atoms with Crippen molar-refractivity contribution in [2.45, 2.75) is 45.1 Å². The fourth-order valence-corrected chi connectivity index (χ4v) is 1.79. The van der Waals surface area contributed by atoms with E-state index in [1.54, 1.807) is 0 Å². The lowest BCUT2D eigenvalue weighted by molar-refractivity contribution is 0.123. The van der Waals surface area contributed by atoms with Crippen molar-refractivity contribution in [3.63, 3.8) is 0 Å². The van der Waals surface area contributed by atoms with E-state index in [4.69, 9.17) is 0 Å². The average molecular weight is 154 g/mol. The molecule has 0 radical (unpaired) electrons. The summed E-state index contributed by atoms with van der Waals surface area (Å²) in [6, 6.07) is 0. The molecule has 1 nitrogen and oxygen atoms in total. The summed E-state index contributed by atoms with van der Waals surface area (Å²) in [5.74, 6) is 0.433. The number of aliphatic hydroxyl groups is 1. The van der Waals surface area contributed by atoms with Gasteiger partial charge in [-0.05, 0) is 19.8 Å². The molecular weight excluding hydrogens is 136 g/mol. The van der Waals surface area contributed by atoms with Crippen LogP contribution in [0.15, 0.2) is 12.2 Å². The first-order valence-electron chi connectivity index (χ1n) is 4.65. The molecule has 1 saturated carbocycles. The predicted octanol–water partition coefficient (Wildman–Crippen LogP) is 2.50. The van der Waals surface area contributed by atoms with Gasteiger partial charge in [0.1, 0.15) is 0 Å². The Morgan fingerprint density at radius 1 is 1.18 bits per heavy atom. The number of hydrogen-bond donors (Lipinski definition) is 1. The summed E-state index contributed by atoms with van der Waals surface area (Å²) < 4.78 is 0. The van der Waals surface area contributed by atoms with Gasteiger partial charge in [0.05, 0.1) is 6.10 Å². The fraction of sp³-hybridized carbons (Fsp3) is 0.800. The number of rotatable bonds is 1. The van der Waals surface area contributed by atoms with Crippen LogP contribution in [0.2, 0.25) is 0 Å². The minimum atomic E-state index is -0.0753. The second kappa shape index (κ2) is 4.55. The summed E-state index contributed by atoms with van der Waals surface area (Å²) in [5.41, 5.74) is 0. The normalized spacial score (nSPS) is 34.0. The van der Waals surface area contributed by atoms with Crippen molar-refractivity contribution in [3.8, 4) is 0 Å². The zero-order valence-electron chi connectivity index (χ0n) is 7.29. The standard InChI is InChI=1S/C10H18O/c1-2-6-9-7-4-3-5-8-10(9)11/h2,6,9-11H,3-5,7-8H2,1H3/b6-2+/t9-,10-/m1/s1. The van der Waals surface area contributed by atoms with Crippen LogP contribution in [0.25, 0.3) is 0 Å². The molecule has 1 aliphatic rings. The van der Waals surface area contributed by atoms with Gasteiger partial charge in [-0.15, -0.1) is 0 Å². The lowest BCUT2D eigenvalue weighted by Crippen LogP contribution is -2.16. The Balaban J connectivity index is 2.45. The quantitative estimate of drug-likeness (QED) is 0.454. The molecule has 0 aliphatic heterocycles. The van der Waals surface area contributed by atoms with Crippen LogP contribution in [0.3, 0.4) is 0 Å². The van der Waals surface area contributed by atoms with E-state index >= 15 is 0 Å². The van der Waals surface area contributed by atoms with Crippen molar-refractivity contribution in [1.82, 2.24) is 0 Å². The van der Waals surface area contributed by atoms with Crippen molar-refractivity contribution in [2.75, 3.05) is 0 Å². The van der Waals surface area contributed by atoms with Crippen LogP contribution >= 0.6 is 0 Å². The van der Waals surface area contributed by atoms with Gasteiger partial charge >= 0.3 is 0 Å². The molecule has 0 aromatic heterocycles. The Bertz CT molecular complexity index is 129. The highest BCUT2D eigenvalue weighted by atomic mass is 16.3. The molecular formula is C10H18O. The molecule has 0 unspecified atom stereocenters. The molecule has 0 saturated heterocycles. The topological polar surface area (TPSA) is 20.2 Å². The van der Waals surface area contributed by atoms with E-state index in [1.165, 1.54) is 25.7 Å². The van der Waals surface area contributed by atoms with Crippen LogP contribution in [0.4, 0.5) is 0 Å². The van der Waals surface area contributed by atoms with Crippen molar-refractivity contribution >= 4 is 0 Å². The molecule has 0 aromatic rings. The van der Waals surface area contributed by atoms with Crippen LogP contribution in [0, 0.1) is 5.92 Å². The average Bonchev–Trinajstić information content (AvgIpc) is 2.18. The van der Waals surface area contributed by atoms with Gasteiger partial charge in [0, 0.05) is 5.92 Å². The Morgan fingerprint density at radius 3 is 2.64 bits per heavy atom. The lowest BCUT2D eigenvalue weighted by Gasteiger charge is -2.15. The second-order valence-electron chi connectivity index (χ2n) is 3.39. The molecule has 1 rings (SSSR count). The maximum atomic E-state index is 9.63. The van der Waals surface area contributed by atoms with Gasteiger partial charge in [-0.25, -0.2) is 0 Å². The Kier molecular flexibility index (Phi) is 3.64. The molecule has 0 heterocycles. The molecule has 0 amide bonds. The van der Waals surface area contributed by atoms with E-state index in [0.29, 0.717) is 5.92 Å². The van der Waals surface area contributed by atoms with Gasteiger partial charge in [0.2, 0.25) is 0 Å². The third-order valence-electron chi connectivity index (χ3n) is 2.47. The summed E-state index contributed by atoms with van der Waals surface area (Å²) in [6.07, 6.45) is 10.1. The third-order valence-corrected chi connectivity index (χ3v) is 2.47. The highest BCUT2D eigenvalue weighted by molar-refractivity contribution is 4.90. The lowest BCUT2D eigenvalue weighted by atomic mass is 9.97. The minimum absolute atomic E-state index is 0.0753. The van der Waals surface area contributed by atoms with Gasteiger partial charge in [0.25, 0.3) is 0 Å². The monoisotopic (exact) mass is 154 g/mol. The molecule has 1 N–H and O–H groups in total. The van der Waals surface area contributed by atoms with E-state index in [0.717, 1.165) is 6.42 Å². The Morgan fingerprint density at radius 2 is 1.91 bits per heavy atom. The molecule has 0 aromatic carbocycles. The molecule has 64 valence electrons. The van der Waals surface area contributed by atoms with Crippen molar-refractivity contribution in [3.05, 3.63) is 12.2 Å². The van der Waals surface area contributed by atoms with Crippen LogP contribution in [-0.4, -0.2) is 11.2 Å². The van der Waals surface area contributed by atoms with Gasteiger partial charge in [-0.2, -0.15) is 0 Å². The van der Waals surface area contributed by atoms with Gasteiger partial charge in [0.15, 0.2) is 0 Å². The largest absolute Gasteiger partial charge is 0.393 e. The molecule has 2 atom stereocenters. The smallest absolute Gasteiger partial charge is 0.0602 e. The molecule has 1 fully saturated rings. The third kappa shape index (κ3) is 2.66. The number of allylic oxidation sites excluding steroid dienone is 1. The maximum absolute atomic E-state index is 9.63. The van der Waals surface area contributed by atoms with Crippen LogP contribution in [0.5, 0.6) is 0 Å². The summed E-state index contributed by atoms with van der Waals surface area (Å²) >= 11 is 0. The fourth-order valence-electron chi connectivity index (χ4n) is 1.79. The molecule has 11 heavy (non-hydrogen) atoms. The SMILES string of the molecule is C/C=C/[C@@H]1CCCCC[C@H]1O. The van der Waals surface area contributed by atoms with E-state index < -0.39 is 0 Å². The summed E-state index contributed by atoms with van der Waals surface area (Å²) in [7, 11) is 0. The van der Waals surface area contributed by atoms with Crippen LogP contribution < -0.4 is 0 Å². The zero-order valence-corrected chi connectivity index (χ0v) is 7.29. The molecule has 0 bridgehead atoms. The molecule has 1 heteroatoms.